The van der Waals surface area contributed by atoms with Gasteiger partial charge in [-0.3, -0.25) is 9.59 Å². The minimum absolute atomic E-state index is 0.0302. The second kappa shape index (κ2) is 8.03. The van der Waals surface area contributed by atoms with Crippen LogP contribution in [-0.4, -0.2) is 43.3 Å². The number of morpholine rings is 1. The van der Waals surface area contributed by atoms with Gasteiger partial charge < -0.3 is 25.5 Å². The van der Waals surface area contributed by atoms with Crippen LogP contribution in [0.5, 0.6) is 5.75 Å². The maximum absolute atomic E-state index is 13.3. The molecule has 0 bridgehead atoms. The van der Waals surface area contributed by atoms with Crippen molar-refractivity contribution in [3.63, 3.8) is 0 Å². The van der Waals surface area contributed by atoms with Crippen LogP contribution in [0.4, 0.5) is 13.2 Å². The molecule has 0 radical (unpaired) electrons. The molecule has 1 aromatic heterocycles. The second-order valence-electron chi connectivity index (χ2n) is 6.22. The molecule has 1 saturated heterocycles. The molecule has 1 amide bonds. The number of ether oxygens (including phenoxy) is 2. The van der Waals surface area contributed by atoms with Gasteiger partial charge in [0.15, 0.2) is 0 Å². The smallest absolute Gasteiger partial charge is 0.431 e. The highest BCUT2D eigenvalue weighted by Gasteiger charge is 2.36. The van der Waals surface area contributed by atoms with Crippen LogP contribution in [0.15, 0.2) is 35.1 Å². The van der Waals surface area contributed by atoms with E-state index in [1.807, 2.05) is 0 Å². The Morgan fingerprint density at radius 2 is 2.00 bits per heavy atom. The van der Waals surface area contributed by atoms with Crippen molar-refractivity contribution in [2.24, 2.45) is 5.73 Å². The lowest BCUT2D eigenvalue weighted by Gasteiger charge is -2.23. The fraction of sp³-hybridized carbons (Fsp3) is 0.333. The van der Waals surface area contributed by atoms with E-state index >= 15 is 0 Å². The molecule has 1 atom stereocenters. The van der Waals surface area contributed by atoms with E-state index < -0.39 is 28.9 Å². The average molecular weight is 397 g/mol. The van der Waals surface area contributed by atoms with Crippen LogP contribution in [0.2, 0.25) is 0 Å². The van der Waals surface area contributed by atoms with E-state index in [4.69, 9.17) is 15.2 Å². The van der Waals surface area contributed by atoms with E-state index in [-0.39, 0.29) is 17.2 Å². The Kier molecular flexibility index (Phi) is 5.71. The number of alkyl halides is 3. The zero-order valence-corrected chi connectivity index (χ0v) is 14.6. The first kappa shape index (κ1) is 19.9. The Balaban J connectivity index is 1.86. The van der Waals surface area contributed by atoms with Gasteiger partial charge in [-0.2, -0.15) is 13.2 Å². The fourth-order valence-electron chi connectivity index (χ4n) is 2.82. The van der Waals surface area contributed by atoms with E-state index in [0.29, 0.717) is 25.6 Å². The van der Waals surface area contributed by atoms with Crippen molar-refractivity contribution in [3.05, 3.63) is 51.9 Å². The number of carbonyl (C=O) groups excluding carboxylic acids is 1. The van der Waals surface area contributed by atoms with Crippen molar-refractivity contribution in [1.29, 1.82) is 0 Å². The van der Waals surface area contributed by atoms with Crippen LogP contribution in [0.3, 0.4) is 0 Å². The SMILES string of the molecule is NC(=O)c1cc(-c2ccc(OCC3COCCN3)cc2)c(C(F)(F)F)[nH]c1=O. The van der Waals surface area contributed by atoms with Crippen molar-refractivity contribution in [2.75, 3.05) is 26.4 Å². The van der Waals surface area contributed by atoms with Gasteiger partial charge in [-0.05, 0) is 23.8 Å². The highest BCUT2D eigenvalue weighted by Crippen LogP contribution is 2.35. The molecule has 0 aliphatic carbocycles. The van der Waals surface area contributed by atoms with Crippen LogP contribution in [0, 0.1) is 0 Å². The fourth-order valence-corrected chi connectivity index (χ4v) is 2.82. The van der Waals surface area contributed by atoms with Gasteiger partial charge in [-0.1, -0.05) is 12.1 Å². The largest absolute Gasteiger partial charge is 0.492 e. The molecule has 150 valence electrons. The summed E-state index contributed by atoms with van der Waals surface area (Å²) >= 11 is 0. The third kappa shape index (κ3) is 4.52. The third-order valence-corrected chi connectivity index (χ3v) is 4.21. The van der Waals surface area contributed by atoms with Crippen molar-refractivity contribution in [1.82, 2.24) is 10.3 Å². The van der Waals surface area contributed by atoms with Gasteiger partial charge in [0.05, 0.1) is 19.3 Å². The molecule has 7 nitrogen and oxygen atoms in total. The normalized spacial score (nSPS) is 17.3. The topological polar surface area (TPSA) is 106 Å². The van der Waals surface area contributed by atoms with Crippen LogP contribution in [-0.2, 0) is 10.9 Å². The summed E-state index contributed by atoms with van der Waals surface area (Å²) < 4.78 is 50.9. The zero-order valence-electron chi connectivity index (χ0n) is 14.6. The van der Waals surface area contributed by atoms with Crippen LogP contribution >= 0.6 is 0 Å². The van der Waals surface area contributed by atoms with Gasteiger partial charge in [0.1, 0.15) is 23.6 Å². The van der Waals surface area contributed by atoms with E-state index in [1.165, 1.54) is 24.3 Å². The Labute approximate surface area is 157 Å². The number of carbonyl (C=O) groups is 1. The summed E-state index contributed by atoms with van der Waals surface area (Å²) in [7, 11) is 0. The Morgan fingerprint density at radius 1 is 1.29 bits per heavy atom. The average Bonchev–Trinajstić information content (AvgIpc) is 2.66. The quantitative estimate of drug-likeness (QED) is 0.710. The predicted molar refractivity (Wildman–Crippen MR) is 94.1 cm³/mol. The molecule has 1 aliphatic rings. The van der Waals surface area contributed by atoms with Crippen molar-refractivity contribution >= 4 is 5.91 Å². The lowest BCUT2D eigenvalue weighted by molar-refractivity contribution is -0.140. The first-order valence-corrected chi connectivity index (χ1v) is 8.44. The molecule has 0 saturated carbocycles. The minimum Gasteiger partial charge on any atom is -0.492 e. The van der Waals surface area contributed by atoms with Crippen molar-refractivity contribution < 1.29 is 27.4 Å². The molecule has 10 heteroatoms. The Morgan fingerprint density at radius 3 is 2.57 bits per heavy atom. The summed E-state index contributed by atoms with van der Waals surface area (Å²) in [5.74, 6) is -0.650. The Hall–Kier alpha value is -2.85. The number of amides is 1. The number of H-pyrrole nitrogens is 1. The first-order valence-electron chi connectivity index (χ1n) is 8.44. The molecule has 2 aromatic rings. The molecule has 3 rings (SSSR count). The molecule has 1 unspecified atom stereocenters. The van der Waals surface area contributed by atoms with E-state index in [2.05, 4.69) is 5.32 Å². The Bertz CT molecular complexity index is 904. The van der Waals surface area contributed by atoms with E-state index in [9.17, 15) is 22.8 Å². The highest BCUT2D eigenvalue weighted by atomic mass is 19.4. The van der Waals surface area contributed by atoms with E-state index in [0.717, 1.165) is 12.6 Å². The maximum atomic E-state index is 13.3. The molecular weight excluding hydrogens is 379 g/mol. The number of hydrogen-bond donors (Lipinski definition) is 3. The van der Waals surface area contributed by atoms with Crippen LogP contribution < -0.4 is 21.3 Å². The first-order chi connectivity index (χ1) is 13.3. The molecule has 4 N–H and O–H groups in total. The predicted octanol–water partition coefficient (Wildman–Crippen LogP) is 1.53. The van der Waals surface area contributed by atoms with Gasteiger partial charge in [-0.15, -0.1) is 0 Å². The lowest BCUT2D eigenvalue weighted by atomic mass is 10.0. The van der Waals surface area contributed by atoms with E-state index in [1.54, 1.807) is 4.98 Å². The summed E-state index contributed by atoms with van der Waals surface area (Å²) in [6.45, 7) is 2.22. The number of nitrogens with two attached hydrogens (primary N) is 1. The van der Waals surface area contributed by atoms with Gasteiger partial charge in [0.2, 0.25) is 0 Å². The molecular formula is C18H18F3N3O4. The number of rotatable bonds is 5. The number of hydrogen-bond acceptors (Lipinski definition) is 5. The van der Waals surface area contributed by atoms with Gasteiger partial charge in [0, 0.05) is 12.1 Å². The second-order valence-corrected chi connectivity index (χ2v) is 6.22. The monoisotopic (exact) mass is 397 g/mol. The van der Waals surface area contributed by atoms with Gasteiger partial charge in [0.25, 0.3) is 11.5 Å². The molecule has 1 fully saturated rings. The highest BCUT2D eigenvalue weighted by molar-refractivity contribution is 5.93. The zero-order chi connectivity index (χ0) is 20.3. The summed E-state index contributed by atoms with van der Waals surface area (Å²) in [4.78, 5) is 24.8. The molecule has 28 heavy (non-hydrogen) atoms. The minimum atomic E-state index is -4.81. The number of primary amides is 1. The molecule has 1 aliphatic heterocycles. The van der Waals surface area contributed by atoms with Gasteiger partial charge >= 0.3 is 6.18 Å². The molecule has 1 aromatic carbocycles. The molecule has 0 spiro atoms. The number of halogens is 3. The van der Waals surface area contributed by atoms with Crippen molar-refractivity contribution in [3.8, 4) is 16.9 Å². The summed E-state index contributed by atoms with van der Waals surface area (Å²) in [5, 5.41) is 3.22. The van der Waals surface area contributed by atoms with Gasteiger partial charge in [-0.25, -0.2) is 0 Å². The standard InChI is InChI=1S/C18H18F3N3O4/c19-18(20,21)15-13(7-14(16(22)25)17(26)24-15)10-1-3-12(4-2-10)28-9-11-8-27-6-5-23-11/h1-4,7,11,23H,5-6,8-9H2,(H2,22,25)(H,24,26). The van der Waals surface area contributed by atoms with Crippen LogP contribution in [0.1, 0.15) is 16.1 Å². The number of aromatic nitrogens is 1. The number of aromatic amines is 1. The van der Waals surface area contributed by atoms with Crippen molar-refractivity contribution in [2.45, 2.75) is 12.2 Å². The third-order valence-electron chi connectivity index (χ3n) is 4.21. The summed E-state index contributed by atoms with van der Waals surface area (Å²) in [6, 6.07) is 6.72. The maximum Gasteiger partial charge on any atom is 0.431 e. The number of pyridine rings is 1. The number of benzene rings is 1. The summed E-state index contributed by atoms with van der Waals surface area (Å²) in [6.07, 6.45) is -4.81. The van der Waals surface area contributed by atoms with Crippen LogP contribution in [0.25, 0.3) is 11.1 Å². The number of nitrogens with one attached hydrogen (secondary N) is 2. The summed E-state index contributed by atoms with van der Waals surface area (Å²) in [5.41, 5.74) is 1.89. The lowest BCUT2D eigenvalue weighted by Crippen LogP contribution is -2.44. The molecule has 2 heterocycles.